The van der Waals surface area contributed by atoms with Crippen molar-refractivity contribution in [1.82, 2.24) is 0 Å². The molecule has 0 saturated heterocycles. The Morgan fingerprint density at radius 1 is 1.18 bits per heavy atom. The highest BCUT2D eigenvalue weighted by molar-refractivity contribution is 5.24. The minimum Gasteiger partial charge on any atom is -0.393 e. The van der Waals surface area contributed by atoms with Gasteiger partial charge in [0.25, 0.3) is 0 Å². The summed E-state index contributed by atoms with van der Waals surface area (Å²) in [4.78, 5) is 0. The van der Waals surface area contributed by atoms with Crippen LogP contribution >= 0.6 is 0 Å². The van der Waals surface area contributed by atoms with Gasteiger partial charge in [0.15, 0.2) is 0 Å². The molecule has 0 aliphatic carbocycles. The van der Waals surface area contributed by atoms with E-state index in [9.17, 15) is 18.3 Å². The van der Waals surface area contributed by atoms with Crippen molar-refractivity contribution >= 4 is 0 Å². The van der Waals surface area contributed by atoms with Gasteiger partial charge in [-0.2, -0.15) is 13.2 Å². The molecule has 17 heavy (non-hydrogen) atoms. The Labute approximate surface area is 99.3 Å². The molecule has 1 rings (SSSR count). The maximum atomic E-state index is 12.3. The summed E-state index contributed by atoms with van der Waals surface area (Å²) in [5, 5.41) is 9.59. The zero-order valence-electron chi connectivity index (χ0n) is 9.96. The second-order valence-electron chi connectivity index (χ2n) is 4.35. The molecule has 1 aromatic carbocycles. The van der Waals surface area contributed by atoms with E-state index in [0.29, 0.717) is 12.8 Å². The van der Waals surface area contributed by atoms with Gasteiger partial charge in [0.05, 0.1) is 11.7 Å². The van der Waals surface area contributed by atoms with Crippen molar-refractivity contribution in [3.05, 3.63) is 35.4 Å². The molecule has 0 aliphatic rings. The standard InChI is InChI=1S/C13H17F3O/c1-3-12(17)9(2)8-10-4-6-11(7-5-10)13(14,15)16/h4-7,9,12,17H,3,8H2,1-2H3. The zero-order chi connectivity index (χ0) is 13.1. The van der Waals surface area contributed by atoms with Crippen LogP contribution in [0, 0.1) is 5.92 Å². The Morgan fingerprint density at radius 2 is 1.71 bits per heavy atom. The van der Waals surface area contributed by atoms with Gasteiger partial charge in [0.1, 0.15) is 0 Å². The van der Waals surface area contributed by atoms with Crippen LogP contribution in [0.4, 0.5) is 13.2 Å². The lowest BCUT2D eigenvalue weighted by molar-refractivity contribution is -0.137. The first-order valence-corrected chi connectivity index (χ1v) is 5.68. The van der Waals surface area contributed by atoms with Crippen LogP contribution in [-0.2, 0) is 12.6 Å². The number of benzene rings is 1. The van der Waals surface area contributed by atoms with Crippen LogP contribution in [0.5, 0.6) is 0 Å². The van der Waals surface area contributed by atoms with E-state index in [2.05, 4.69) is 0 Å². The molecule has 0 bridgehead atoms. The summed E-state index contributed by atoms with van der Waals surface area (Å²) in [6.45, 7) is 3.78. The predicted molar refractivity (Wildman–Crippen MR) is 60.6 cm³/mol. The highest BCUT2D eigenvalue weighted by atomic mass is 19.4. The smallest absolute Gasteiger partial charge is 0.393 e. The number of alkyl halides is 3. The van der Waals surface area contributed by atoms with Gasteiger partial charge in [0.2, 0.25) is 0 Å². The van der Waals surface area contributed by atoms with E-state index in [1.807, 2.05) is 13.8 Å². The third-order valence-corrected chi connectivity index (χ3v) is 2.91. The van der Waals surface area contributed by atoms with Crippen molar-refractivity contribution in [2.75, 3.05) is 0 Å². The topological polar surface area (TPSA) is 20.2 Å². The maximum absolute atomic E-state index is 12.3. The molecule has 1 N–H and O–H groups in total. The Balaban J connectivity index is 2.69. The Morgan fingerprint density at radius 3 is 2.12 bits per heavy atom. The fourth-order valence-corrected chi connectivity index (χ4v) is 1.74. The third-order valence-electron chi connectivity index (χ3n) is 2.91. The average molecular weight is 246 g/mol. The van der Waals surface area contributed by atoms with E-state index in [1.165, 1.54) is 12.1 Å². The van der Waals surface area contributed by atoms with Gasteiger partial charge in [-0.25, -0.2) is 0 Å². The molecule has 96 valence electrons. The molecule has 0 heterocycles. The van der Waals surface area contributed by atoms with Crippen molar-refractivity contribution in [1.29, 1.82) is 0 Å². The fourth-order valence-electron chi connectivity index (χ4n) is 1.74. The average Bonchev–Trinajstić information content (AvgIpc) is 2.27. The number of halogens is 3. The van der Waals surface area contributed by atoms with E-state index in [4.69, 9.17) is 0 Å². The van der Waals surface area contributed by atoms with Crippen LogP contribution in [0.2, 0.25) is 0 Å². The molecule has 2 unspecified atom stereocenters. The van der Waals surface area contributed by atoms with Crippen LogP contribution in [0.15, 0.2) is 24.3 Å². The lowest BCUT2D eigenvalue weighted by Crippen LogP contribution is -2.18. The van der Waals surface area contributed by atoms with Gasteiger partial charge in [-0.1, -0.05) is 26.0 Å². The summed E-state index contributed by atoms with van der Waals surface area (Å²) in [5.41, 5.74) is 0.183. The molecule has 4 heteroatoms. The second kappa shape index (κ2) is 5.54. The minimum atomic E-state index is -4.28. The monoisotopic (exact) mass is 246 g/mol. The summed E-state index contributed by atoms with van der Waals surface area (Å²) < 4.78 is 37.0. The van der Waals surface area contributed by atoms with Gasteiger partial charge < -0.3 is 5.11 Å². The first-order chi connectivity index (χ1) is 7.84. The van der Waals surface area contributed by atoms with Gasteiger partial charge >= 0.3 is 6.18 Å². The number of hydrogen-bond acceptors (Lipinski definition) is 1. The van der Waals surface area contributed by atoms with E-state index in [-0.39, 0.29) is 5.92 Å². The van der Waals surface area contributed by atoms with Crippen molar-refractivity contribution in [3.8, 4) is 0 Å². The van der Waals surface area contributed by atoms with Crippen LogP contribution in [0.25, 0.3) is 0 Å². The summed E-state index contributed by atoms with van der Waals surface area (Å²) in [6, 6.07) is 5.12. The molecule has 0 spiro atoms. The molecule has 0 fully saturated rings. The van der Waals surface area contributed by atoms with E-state index >= 15 is 0 Å². The molecule has 1 aromatic rings. The first kappa shape index (κ1) is 14.0. The number of rotatable bonds is 4. The molecule has 0 aliphatic heterocycles. The van der Waals surface area contributed by atoms with Gasteiger partial charge in [0, 0.05) is 0 Å². The number of aliphatic hydroxyl groups excluding tert-OH is 1. The molecular formula is C13H17F3O. The van der Waals surface area contributed by atoms with Crippen LogP contribution in [0.3, 0.4) is 0 Å². The molecular weight excluding hydrogens is 229 g/mol. The lowest BCUT2D eigenvalue weighted by Gasteiger charge is -2.17. The Kier molecular flexibility index (Phi) is 4.57. The van der Waals surface area contributed by atoms with E-state index in [0.717, 1.165) is 17.7 Å². The Hall–Kier alpha value is -1.03. The summed E-state index contributed by atoms with van der Waals surface area (Å²) in [5.74, 6) is 0.0525. The van der Waals surface area contributed by atoms with Crippen molar-refractivity contribution in [3.63, 3.8) is 0 Å². The quantitative estimate of drug-likeness (QED) is 0.859. The lowest BCUT2D eigenvalue weighted by atomic mass is 9.94. The zero-order valence-corrected chi connectivity index (χ0v) is 9.96. The van der Waals surface area contributed by atoms with Gasteiger partial charge in [-0.15, -0.1) is 0 Å². The molecule has 2 atom stereocenters. The summed E-state index contributed by atoms with van der Waals surface area (Å²) in [6.07, 6.45) is -3.44. The third kappa shape index (κ3) is 4.04. The predicted octanol–water partition coefficient (Wildman–Crippen LogP) is 3.65. The highest BCUT2D eigenvalue weighted by Crippen LogP contribution is 2.29. The molecule has 0 saturated carbocycles. The molecule has 0 amide bonds. The largest absolute Gasteiger partial charge is 0.416 e. The first-order valence-electron chi connectivity index (χ1n) is 5.68. The fraction of sp³-hybridized carbons (Fsp3) is 0.538. The van der Waals surface area contributed by atoms with Crippen molar-refractivity contribution in [2.45, 2.75) is 39.0 Å². The van der Waals surface area contributed by atoms with Crippen molar-refractivity contribution in [2.24, 2.45) is 5.92 Å². The SMILES string of the molecule is CCC(O)C(C)Cc1ccc(C(F)(F)F)cc1. The summed E-state index contributed by atoms with van der Waals surface area (Å²) in [7, 11) is 0. The van der Waals surface area contributed by atoms with Gasteiger partial charge in [-0.05, 0) is 36.5 Å². The number of hydrogen-bond donors (Lipinski definition) is 1. The maximum Gasteiger partial charge on any atom is 0.416 e. The van der Waals surface area contributed by atoms with Crippen LogP contribution in [-0.4, -0.2) is 11.2 Å². The van der Waals surface area contributed by atoms with Gasteiger partial charge in [-0.3, -0.25) is 0 Å². The van der Waals surface area contributed by atoms with E-state index < -0.39 is 17.8 Å². The molecule has 1 nitrogen and oxygen atoms in total. The van der Waals surface area contributed by atoms with E-state index in [1.54, 1.807) is 0 Å². The van der Waals surface area contributed by atoms with Crippen LogP contribution in [0.1, 0.15) is 31.4 Å². The highest BCUT2D eigenvalue weighted by Gasteiger charge is 2.29. The summed E-state index contributed by atoms with van der Waals surface area (Å²) >= 11 is 0. The van der Waals surface area contributed by atoms with Crippen molar-refractivity contribution < 1.29 is 18.3 Å². The minimum absolute atomic E-state index is 0.0525. The normalized spacial score (nSPS) is 15.6. The second-order valence-corrected chi connectivity index (χ2v) is 4.35. The Bertz CT molecular complexity index is 343. The molecule has 0 aromatic heterocycles. The van der Waals surface area contributed by atoms with Crippen LogP contribution < -0.4 is 0 Å². The number of aliphatic hydroxyl groups is 1. The molecule has 0 radical (unpaired) electrons.